The summed E-state index contributed by atoms with van der Waals surface area (Å²) in [5, 5.41) is 6.36. The first-order valence-corrected chi connectivity index (χ1v) is 13.8. The minimum atomic E-state index is -4.50. The molecule has 0 bridgehead atoms. The fourth-order valence-corrected chi connectivity index (χ4v) is 5.10. The van der Waals surface area contributed by atoms with Crippen molar-refractivity contribution in [2.45, 2.75) is 25.1 Å². The molecular formula is C32H31F4N5O2. The van der Waals surface area contributed by atoms with Gasteiger partial charge in [-0.05, 0) is 46.9 Å². The van der Waals surface area contributed by atoms with Crippen LogP contribution in [-0.4, -0.2) is 76.9 Å². The first-order valence-electron chi connectivity index (χ1n) is 13.8. The molecule has 0 aliphatic carbocycles. The van der Waals surface area contributed by atoms with E-state index in [0.717, 1.165) is 13.0 Å². The minimum absolute atomic E-state index is 0.0408. The fraction of sp³-hybridized carbons (Fsp3) is 0.281. The van der Waals surface area contributed by atoms with Crippen molar-refractivity contribution in [1.82, 2.24) is 25.0 Å². The van der Waals surface area contributed by atoms with Crippen molar-refractivity contribution in [3.8, 4) is 5.88 Å². The van der Waals surface area contributed by atoms with Crippen LogP contribution in [-0.2, 0) is 4.79 Å². The van der Waals surface area contributed by atoms with E-state index < -0.39 is 18.5 Å². The van der Waals surface area contributed by atoms with Crippen LogP contribution in [0.15, 0.2) is 79.0 Å². The Balaban J connectivity index is 1.44. The summed E-state index contributed by atoms with van der Waals surface area (Å²) in [6.45, 7) is 2.05. The molecule has 5 rings (SSSR count). The number of carbonyl (C=O) groups excluding carboxylic acids is 1. The minimum Gasteiger partial charge on any atom is -0.473 e. The topological polar surface area (TPSA) is 74.3 Å². The third-order valence-electron chi connectivity index (χ3n) is 7.20. The molecule has 0 unspecified atom stereocenters. The zero-order valence-corrected chi connectivity index (χ0v) is 23.7. The van der Waals surface area contributed by atoms with Crippen LogP contribution in [0.3, 0.4) is 0 Å². The Morgan fingerprint density at radius 3 is 2.56 bits per heavy atom. The lowest BCUT2D eigenvalue weighted by Gasteiger charge is -2.19. The van der Waals surface area contributed by atoms with Crippen LogP contribution in [0, 0.1) is 5.95 Å². The summed E-state index contributed by atoms with van der Waals surface area (Å²) < 4.78 is 62.4. The Hall–Kier alpha value is -4.51. The molecule has 1 amide bonds. The highest BCUT2D eigenvalue weighted by atomic mass is 19.4. The number of benzene rings is 2. The molecule has 1 aliphatic heterocycles. The molecule has 1 fully saturated rings. The molecule has 224 valence electrons. The number of amides is 1. The number of hydrogen-bond acceptors (Lipinski definition) is 5. The summed E-state index contributed by atoms with van der Waals surface area (Å²) >= 11 is 0. The Labute approximate surface area is 246 Å². The van der Waals surface area contributed by atoms with Gasteiger partial charge in [0.15, 0.2) is 0 Å². The Morgan fingerprint density at radius 1 is 1.09 bits per heavy atom. The number of alkyl halides is 3. The van der Waals surface area contributed by atoms with Crippen molar-refractivity contribution in [2.75, 3.05) is 33.7 Å². The van der Waals surface area contributed by atoms with Crippen molar-refractivity contribution in [2.24, 2.45) is 0 Å². The molecule has 3 heterocycles. The highest BCUT2D eigenvalue weighted by molar-refractivity contribution is 6.00. The van der Waals surface area contributed by atoms with Crippen LogP contribution in [0.4, 0.5) is 17.6 Å². The van der Waals surface area contributed by atoms with Crippen molar-refractivity contribution in [3.05, 3.63) is 102 Å². The Morgan fingerprint density at radius 2 is 1.86 bits per heavy atom. The number of nitrogens with zero attached hydrogens (tertiary/aromatic N) is 4. The third kappa shape index (κ3) is 7.47. The SMILES string of the molecule is CN(C)C(=O)/C=C/CN1CC[C@H](Oc2ccc(/C(=C(/CC(F)(F)F)c3ccccc3)c3ccc4n[nH]c(F)c4c3)cn2)C1. The molecule has 0 spiro atoms. The molecule has 7 nitrogen and oxygen atoms in total. The molecule has 0 radical (unpaired) electrons. The largest absolute Gasteiger partial charge is 0.473 e. The smallest absolute Gasteiger partial charge is 0.393 e. The van der Waals surface area contributed by atoms with Gasteiger partial charge in [0, 0.05) is 57.6 Å². The maximum Gasteiger partial charge on any atom is 0.393 e. The van der Waals surface area contributed by atoms with Crippen molar-refractivity contribution in [3.63, 3.8) is 0 Å². The summed E-state index contributed by atoms with van der Waals surface area (Å²) in [5.74, 6) is -0.396. The zero-order chi connectivity index (χ0) is 30.6. The van der Waals surface area contributed by atoms with Gasteiger partial charge in [0.25, 0.3) is 0 Å². The summed E-state index contributed by atoms with van der Waals surface area (Å²) in [7, 11) is 3.39. The third-order valence-corrected chi connectivity index (χ3v) is 7.20. The van der Waals surface area contributed by atoms with Gasteiger partial charge in [0.1, 0.15) is 6.10 Å². The van der Waals surface area contributed by atoms with E-state index >= 15 is 0 Å². The van der Waals surface area contributed by atoms with E-state index in [-0.39, 0.29) is 28.5 Å². The van der Waals surface area contributed by atoms with Gasteiger partial charge in [-0.1, -0.05) is 42.5 Å². The fourth-order valence-electron chi connectivity index (χ4n) is 5.10. The summed E-state index contributed by atoms with van der Waals surface area (Å²) in [6, 6.07) is 16.4. The maximum atomic E-state index is 14.4. The monoisotopic (exact) mass is 593 g/mol. The summed E-state index contributed by atoms with van der Waals surface area (Å²) in [4.78, 5) is 19.9. The lowest BCUT2D eigenvalue weighted by Crippen LogP contribution is -2.25. The van der Waals surface area contributed by atoms with Gasteiger partial charge in [-0.25, -0.2) is 4.98 Å². The van der Waals surface area contributed by atoms with Gasteiger partial charge in [-0.15, -0.1) is 0 Å². The Bertz CT molecular complexity index is 1630. The first-order chi connectivity index (χ1) is 20.6. The average Bonchev–Trinajstić information content (AvgIpc) is 3.59. The van der Waals surface area contributed by atoms with Crippen molar-refractivity contribution >= 4 is 28.0 Å². The van der Waals surface area contributed by atoms with Gasteiger partial charge in [-0.3, -0.25) is 14.8 Å². The van der Waals surface area contributed by atoms with Crippen LogP contribution < -0.4 is 4.74 Å². The number of nitrogens with one attached hydrogen (secondary N) is 1. The molecule has 11 heteroatoms. The molecular weight excluding hydrogens is 562 g/mol. The second kappa shape index (κ2) is 12.8. The number of hydrogen-bond donors (Lipinski definition) is 1. The summed E-state index contributed by atoms with van der Waals surface area (Å²) in [5.41, 5.74) is 1.93. The highest BCUT2D eigenvalue weighted by Gasteiger charge is 2.32. The lowest BCUT2D eigenvalue weighted by atomic mass is 9.88. The zero-order valence-electron chi connectivity index (χ0n) is 23.7. The number of likely N-dealkylation sites (N-methyl/N-ethyl adjacent to an activating group) is 1. The van der Waals surface area contributed by atoms with Crippen LogP contribution in [0.1, 0.15) is 29.5 Å². The molecule has 43 heavy (non-hydrogen) atoms. The highest BCUT2D eigenvalue weighted by Crippen LogP contribution is 2.40. The number of halogens is 4. The normalized spacial score (nSPS) is 16.6. The van der Waals surface area contributed by atoms with Crippen LogP contribution in [0.25, 0.3) is 22.0 Å². The number of rotatable bonds is 9. The van der Waals surface area contributed by atoms with Crippen LogP contribution in [0.2, 0.25) is 0 Å². The molecule has 1 saturated heterocycles. The van der Waals surface area contributed by atoms with Gasteiger partial charge in [0.05, 0.1) is 17.3 Å². The van der Waals surface area contributed by atoms with Gasteiger partial charge in [0.2, 0.25) is 17.7 Å². The number of aromatic nitrogens is 3. The maximum absolute atomic E-state index is 14.4. The predicted molar refractivity (Wildman–Crippen MR) is 157 cm³/mol. The number of aromatic amines is 1. The molecule has 1 N–H and O–H groups in total. The molecule has 1 aliphatic rings. The van der Waals surface area contributed by atoms with Gasteiger partial charge >= 0.3 is 6.18 Å². The van der Waals surface area contributed by atoms with E-state index in [4.69, 9.17) is 4.74 Å². The second-order valence-corrected chi connectivity index (χ2v) is 10.6. The van der Waals surface area contributed by atoms with Crippen LogP contribution >= 0.6 is 0 Å². The van der Waals surface area contributed by atoms with E-state index in [0.29, 0.717) is 41.2 Å². The number of allylic oxidation sites excluding steroid dienone is 1. The molecule has 4 aromatic rings. The van der Waals surface area contributed by atoms with Gasteiger partial charge in [-0.2, -0.15) is 22.7 Å². The molecule has 0 saturated carbocycles. The molecule has 1 atom stereocenters. The number of H-pyrrole nitrogens is 1. The van der Waals surface area contributed by atoms with Crippen LogP contribution in [0.5, 0.6) is 5.88 Å². The van der Waals surface area contributed by atoms with E-state index in [9.17, 15) is 22.4 Å². The van der Waals surface area contributed by atoms with E-state index in [2.05, 4.69) is 20.1 Å². The van der Waals surface area contributed by atoms with Gasteiger partial charge < -0.3 is 9.64 Å². The number of pyridine rings is 1. The Kier molecular flexibility index (Phi) is 8.91. The molecule has 2 aromatic heterocycles. The number of likely N-dealkylation sites (tertiary alicyclic amines) is 1. The summed E-state index contributed by atoms with van der Waals surface area (Å²) in [6.07, 6.45) is -0.191. The van der Waals surface area contributed by atoms with Crippen molar-refractivity contribution < 1.29 is 27.1 Å². The number of ether oxygens (including phenoxy) is 1. The van der Waals surface area contributed by atoms with E-state index in [1.165, 1.54) is 17.2 Å². The number of fused-ring (bicyclic) bond motifs is 1. The standard InChI is InChI=1S/C32H31F4N5O2/c1-40(2)29(42)9-6-15-41-16-14-24(20-41)43-28-13-11-23(19-37-28)30(22-10-12-27-25(17-22)31(33)39-38-27)26(18-32(34,35)36)21-7-4-3-5-8-21/h3-13,17,19,24H,14-16,18,20H2,1-2H3,(H,38,39)/b9-6+,30-26-/t24-/m0/s1. The quantitative estimate of drug-likeness (QED) is 0.144. The number of carbonyl (C=O) groups is 1. The van der Waals surface area contributed by atoms with E-state index in [1.807, 2.05) is 6.08 Å². The van der Waals surface area contributed by atoms with Crippen molar-refractivity contribution in [1.29, 1.82) is 0 Å². The first kappa shape index (κ1) is 30.0. The average molecular weight is 594 g/mol. The second-order valence-electron chi connectivity index (χ2n) is 10.6. The van der Waals surface area contributed by atoms with E-state index in [1.54, 1.807) is 74.8 Å². The lowest BCUT2D eigenvalue weighted by molar-refractivity contribution is -0.124. The predicted octanol–water partition coefficient (Wildman–Crippen LogP) is 6.11. The molecule has 2 aromatic carbocycles.